The first-order chi connectivity index (χ1) is 19.3. The topological polar surface area (TPSA) is 130 Å². The first kappa shape index (κ1) is 30.9. The van der Waals surface area contributed by atoms with Crippen LogP contribution >= 0.6 is 27.7 Å². The molecule has 0 saturated carbocycles. The van der Waals surface area contributed by atoms with Crippen molar-refractivity contribution in [3.8, 4) is 5.75 Å². The summed E-state index contributed by atoms with van der Waals surface area (Å²) in [5, 5.41) is 2.70. The summed E-state index contributed by atoms with van der Waals surface area (Å²) in [4.78, 5) is 23.4. The molecular formula is C25H26BrF3N6O4S2. The van der Waals surface area contributed by atoms with Crippen LogP contribution in [0.4, 0.5) is 13.2 Å². The number of aliphatic imine (C=N–C) groups is 2. The Labute approximate surface area is 247 Å². The van der Waals surface area contributed by atoms with Gasteiger partial charge in [-0.25, -0.2) is 8.42 Å². The summed E-state index contributed by atoms with van der Waals surface area (Å²) in [6.45, 7) is 4.01. The number of carbonyl (C=O) groups excluding carboxylic acids is 1. The second-order valence-electron chi connectivity index (χ2n) is 9.01. The minimum atomic E-state index is -4.82. The number of sulfonamides is 1. The van der Waals surface area contributed by atoms with Crippen molar-refractivity contribution in [1.82, 2.24) is 14.5 Å². The van der Waals surface area contributed by atoms with Gasteiger partial charge in [-0.05, 0) is 51.7 Å². The Bertz CT molecular complexity index is 1440. The van der Waals surface area contributed by atoms with E-state index in [1.165, 1.54) is 28.9 Å². The molecule has 3 heterocycles. The van der Waals surface area contributed by atoms with Gasteiger partial charge in [-0.2, -0.15) is 4.31 Å². The van der Waals surface area contributed by atoms with Crippen molar-refractivity contribution in [2.24, 2.45) is 15.7 Å². The molecule has 1 aromatic carbocycles. The van der Waals surface area contributed by atoms with Gasteiger partial charge >= 0.3 is 6.36 Å². The number of allylic oxidation sites excluding steroid dienone is 3. The third-order valence-corrected chi connectivity index (χ3v) is 10.9. The predicted octanol–water partition coefficient (Wildman–Crippen LogP) is 3.57. The normalized spacial score (nSPS) is 23.2. The van der Waals surface area contributed by atoms with Crippen molar-refractivity contribution in [1.29, 1.82) is 0 Å². The van der Waals surface area contributed by atoms with Crippen molar-refractivity contribution < 1.29 is 31.1 Å². The highest BCUT2D eigenvalue weighted by Gasteiger charge is 2.44. The maximum absolute atomic E-state index is 13.6. The van der Waals surface area contributed by atoms with Gasteiger partial charge in [0.15, 0.2) is 0 Å². The lowest BCUT2D eigenvalue weighted by atomic mass is 10.1. The number of carbonyl (C=O) groups is 1. The van der Waals surface area contributed by atoms with Crippen LogP contribution in [0.3, 0.4) is 0 Å². The minimum Gasteiger partial charge on any atom is -0.406 e. The number of amides is 1. The van der Waals surface area contributed by atoms with Crippen LogP contribution in [0.1, 0.15) is 12.0 Å². The van der Waals surface area contributed by atoms with E-state index in [4.69, 9.17) is 5.73 Å². The number of benzene rings is 1. The Hall–Kier alpha value is -3.08. The molecule has 3 aliphatic rings. The number of hydrogen-bond acceptors (Lipinski definition) is 9. The number of halogens is 4. The molecule has 1 amide bonds. The van der Waals surface area contributed by atoms with Gasteiger partial charge in [-0.3, -0.25) is 14.8 Å². The molecule has 3 N–H and O–H groups in total. The molecule has 0 aromatic heterocycles. The Morgan fingerprint density at radius 2 is 2.05 bits per heavy atom. The van der Waals surface area contributed by atoms with E-state index < -0.39 is 38.7 Å². The zero-order valence-corrected chi connectivity index (χ0v) is 24.6. The number of piperazine rings is 1. The van der Waals surface area contributed by atoms with Gasteiger partial charge in [0.2, 0.25) is 15.9 Å². The van der Waals surface area contributed by atoms with Crippen molar-refractivity contribution in [3.63, 3.8) is 0 Å². The van der Waals surface area contributed by atoms with Crippen molar-refractivity contribution in [2.45, 2.75) is 30.0 Å². The largest absolute Gasteiger partial charge is 0.573 e. The highest BCUT2D eigenvalue weighted by molar-refractivity contribution is 9.14. The van der Waals surface area contributed by atoms with E-state index >= 15 is 0 Å². The van der Waals surface area contributed by atoms with E-state index in [0.29, 0.717) is 20.7 Å². The molecule has 41 heavy (non-hydrogen) atoms. The molecule has 16 heteroatoms. The van der Waals surface area contributed by atoms with Crippen LogP contribution in [-0.2, 0) is 21.4 Å². The molecule has 1 unspecified atom stereocenters. The molecule has 0 spiro atoms. The maximum atomic E-state index is 13.6. The summed E-state index contributed by atoms with van der Waals surface area (Å²) in [5.41, 5.74) is 7.91. The lowest BCUT2D eigenvalue weighted by Gasteiger charge is -2.41. The summed E-state index contributed by atoms with van der Waals surface area (Å²) in [6, 6.07) is 3.88. The molecule has 0 bridgehead atoms. The van der Waals surface area contributed by atoms with Crippen LogP contribution in [0.15, 0.2) is 80.6 Å². The summed E-state index contributed by atoms with van der Waals surface area (Å²) < 4.78 is 69.4. The fraction of sp³-hybridized carbons (Fsp3) is 0.320. The lowest BCUT2D eigenvalue weighted by molar-refractivity contribution is -0.274. The van der Waals surface area contributed by atoms with Crippen LogP contribution in [0.2, 0.25) is 0 Å². The molecule has 0 aliphatic carbocycles. The third kappa shape index (κ3) is 8.02. The standard InChI is InChI=1S/C25H26BrF3N6O4S2/c1-16-8-9-31-13-19(16)32-14-22(30)34-10-11-35(41(37,38)23-7-6-21(26)40-23)20(15-34)24(36)33-12-17-2-4-18(5-3-17)39-25(27,28)29/h2-6,8-9,13-14,20,23H,1,7,10-12,15,30H2,(H,33,36)/b22-14+,32-19-/t20-,23?/m1/s1. The Balaban J connectivity index is 1.50. The minimum absolute atomic E-state index is 0.000588. The van der Waals surface area contributed by atoms with E-state index in [0.717, 1.165) is 23.9 Å². The fourth-order valence-electron chi connectivity index (χ4n) is 4.13. The summed E-state index contributed by atoms with van der Waals surface area (Å²) in [5.74, 6) is -0.754. The van der Waals surface area contributed by atoms with E-state index in [2.05, 4.69) is 42.5 Å². The molecule has 2 atom stereocenters. The number of nitrogens with two attached hydrogens (primary N) is 1. The number of nitrogens with zero attached hydrogens (tertiary/aromatic N) is 4. The van der Waals surface area contributed by atoms with Gasteiger partial charge in [0.1, 0.15) is 22.2 Å². The number of ether oxygens (including phenoxy) is 1. The Morgan fingerprint density at radius 1 is 1.32 bits per heavy atom. The summed E-state index contributed by atoms with van der Waals surface area (Å²) in [6.07, 6.45) is 3.44. The molecule has 1 saturated heterocycles. The van der Waals surface area contributed by atoms with Gasteiger partial charge in [0, 0.05) is 36.2 Å². The molecule has 4 rings (SSSR count). The van der Waals surface area contributed by atoms with Crippen molar-refractivity contribution >= 4 is 55.5 Å². The number of nitrogens with one attached hydrogen (secondary N) is 1. The Morgan fingerprint density at radius 3 is 2.68 bits per heavy atom. The number of hydrogen-bond donors (Lipinski definition) is 2. The van der Waals surface area contributed by atoms with E-state index in [1.807, 2.05) is 0 Å². The second-order valence-corrected chi connectivity index (χ2v) is 14.0. The van der Waals surface area contributed by atoms with Gasteiger partial charge in [0.25, 0.3) is 0 Å². The van der Waals surface area contributed by atoms with E-state index in [9.17, 15) is 26.4 Å². The SMILES string of the molecule is C=C1C=CN=C/C1=N/C=C(\N)N1CCN(S(=O)(=O)C2CC=C(Br)S2)[C@@H](C(=O)NCc2ccc(OC(F)(F)F)cc2)C1. The zero-order chi connectivity index (χ0) is 29.8. The van der Waals surface area contributed by atoms with Crippen LogP contribution in [0, 0.1) is 0 Å². The van der Waals surface area contributed by atoms with Crippen LogP contribution < -0.4 is 15.8 Å². The number of alkyl halides is 3. The first-order valence-electron chi connectivity index (χ1n) is 12.2. The monoisotopic (exact) mass is 674 g/mol. The van der Waals surface area contributed by atoms with Gasteiger partial charge in [-0.15, -0.1) is 13.2 Å². The smallest absolute Gasteiger partial charge is 0.406 e. The number of thioether (sulfide) groups is 1. The zero-order valence-electron chi connectivity index (χ0n) is 21.4. The molecule has 1 fully saturated rings. The highest BCUT2D eigenvalue weighted by atomic mass is 79.9. The second kappa shape index (κ2) is 12.8. The van der Waals surface area contributed by atoms with Crippen molar-refractivity contribution in [3.05, 3.63) is 76.2 Å². The van der Waals surface area contributed by atoms with Crippen LogP contribution in [-0.4, -0.2) is 72.1 Å². The molecule has 220 valence electrons. The molecule has 10 nitrogen and oxygen atoms in total. The van der Waals surface area contributed by atoms with Gasteiger partial charge in [-0.1, -0.05) is 36.5 Å². The van der Waals surface area contributed by atoms with E-state index in [1.54, 1.807) is 23.3 Å². The third-order valence-electron chi connectivity index (χ3n) is 6.22. The fourth-order valence-corrected chi connectivity index (χ4v) is 8.62. The van der Waals surface area contributed by atoms with E-state index in [-0.39, 0.29) is 38.4 Å². The number of rotatable bonds is 8. The van der Waals surface area contributed by atoms with Crippen LogP contribution in [0.25, 0.3) is 0 Å². The molecular weight excluding hydrogens is 649 g/mol. The predicted molar refractivity (Wildman–Crippen MR) is 155 cm³/mol. The van der Waals surface area contributed by atoms with Gasteiger partial charge < -0.3 is 20.7 Å². The maximum Gasteiger partial charge on any atom is 0.573 e. The molecule has 1 aromatic rings. The average Bonchev–Trinajstić information content (AvgIpc) is 3.38. The van der Waals surface area contributed by atoms with Crippen molar-refractivity contribution in [2.75, 3.05) is 19.6 Å². The lowest BCUT2D eigenvalue weighted by Crippen LogP contribution is -2.61. The Kier molecular flexibility index (Phi) is 9.66. The summed E-state index contributed by atoms with van der Waals surface area (Å²) in [7, 11) is -3.90. The van der Waals surface area contributed by atoms with Gasteiger partial charge in [0.05, 0.1) is 18.1 Å². The molecule has 3 aliphatic heterocycles. The quantitative estimate of drug-likeness (QED) is 0.431. The summed E-state index contributed by atoms with van der Waals surface area (Å²) >= 11 is 4.48. The van der Waals surface area contributed by atoms with Crippen LogP contribution in [0.5, 0.6) is 5.75 Å². The highest BCUT2D eigenvalue weighted by Crippen LogP contribution is 2.40. The first-order valence-corrected chi connectivity index (χ1v) is 15.3. The average molecular weight is 676 g/mol. The molecule has 0 radical (unpaired) electrons.